The molecule has 0 aromatic heterocycles. The van der Waals surface area contributed by atoms with Gasteiger partial charge in [-0.15, -0.1) is 0 Å². The van der Waals surface area contributed by atoms with E-state index in [-0.39, 0.29) is 25.4 Å². The number of ether oxygens (including phenoxy) is 5. The van der Waals surface area contributed by atoms with E-state index in [1.165, 1.54) is 0 Å². The lowest BCUT2D eigenvalue weighted by Gasteiger charge is -2.09. The molecule has 0 aliphatic rings. The number of aliphatic hydroxyl groups excluding tert-OH is 1. The van der Waals surface area contributed by atoms with E-state index in [2.05, 4.69) is 13.2 Å². The molecule has 0 radical (unpaired) electrons. The first kappa shape index (κ1) is 29.7. The molecule has 0 fully saturated rings. The standard InChI is InChI=1S/C31H30O9/c1-3-29(33)38-18-4-17-36-26-11-9-24(10-12-26)23-5-7-25(8-6-23)31(35)40-28-15-13-27(14-16-28)37-19-20-39-30(34)22(2)21-32/h3,5-16,32H,1-2,4,17-21H2. The molecule has 0 saturated heterocycles. The summed E-state index contributed by atoms with van der Waals surface area (Å²) in [7, 11) is 0. The van der Waals surface area contributed by atoms with Crippen LogP contribution >= 0.6 is 0 Å². The molecule has 0 aliphatic carbocycles. The van der Waals surface area contributed by atoms with Crippen LogP contribution < -0.4 is 14.2 Å². The maximum atomic E-state index is 12.6. The fourth-order valence-corrected chi connectivity index (χ4v) is 3.25. The molecule has 0 saturated carbocycles. The van der Waals surface area contributed by atoms with Crippen LogP contribution in [0.1, 0.15) is 16.8 Å². The van der Waals surface area contributed by atoms with Gasteiger partial charge in [-0.3, -0.25) is 0 Å². The molecule has 0 atom stereocenters. The highest BCUT2D eigenvalue weighted by atomic mass is 16.6. The van der Waals surface area contributed by atoms with Gasteiger partial charge in [0.1, 0.15) is 30.5 Å². The Balaban J connectivity index is 1.43. The van der Waals surface area contributed by atoms with Crippen LogP contribution in [0.15, 0.2) is 97.6 Å². The van der Waals surface area contributed by atoms with Gasteiger partial charge in [-0.1, -0.05) is 37.4 Å². The van der Waals surface area contributed by atoms with Crippen molar-refractivity contribution in [2.24, 2.45) is 0 Å². The lowest BCUT2D eigenvalue weighted by Crippen LogP contribution is -2.15. The topological polar surface area (TPSA) is 118 Å². The van der Waals surface area contributed by atoms with E-state index in [0.717, 1.165) is 17.2 Å². The fourth-order valence-electron chi connectivity index (χ4n) is 3.25. The molecule has 0 spiro atoms. The zero-order chi connectivity index (χ0) is 28.7. The predicted molar refractivity (Wildman–Crippen MR) is 147 cm³/mol. The molecule has 0 bridgehead atoms. The number of carbonyl (C=O) groups is 3. The van der Waals surface area contributed by atoms with Crippen LogP contribution in [0, 0.1) is 0 Å². The molecule has 0 aliphatic heterocycles. The highest BCUT2D eigenvalue weighted by Gasteiger charge is 2.10. The first-order valence-electron chi connectivity index (χ1n) is 12.4. The summed E-state index contributed by atoms with van der Waals surface area (Å²) >= 11 is 0. The van der Waals surface area contributed by atoms with Crippen LogP contribution in [0.2, 0.25) is 0 Å². The average Bonchev–Trinajstić information content (AvgIpc) is 2.99. The van der Waals surface area contributed by atoms with Gasteiger partial charge < -0.3 is 28.8 Å². The lowest BCUT2D eigenvalue weighted by molar-refractivity contribution is -0.140. The molecular formula is C31H30O9. The van der Waals surface area contributed by atoms with Crippen LogP contribution in [-0.2, 0) is 19.1 Å². The summed E-state index contributed by atoms with van der Waals surface area (Å²) in [5.41, 5.74) is 2.25. The SMILES string of the molecule is C=CC(=O)OCCCOc1ccc(-c2ccc(C(=O)Oc3ccc(OCCOC(=O)C(=C)CO)cc3)cc2)cc1. The van der Waals surface area contributed by atoms with E-state index in [0.29, 0.717) is 35.8 Å². The van der Waals surface area contributed by atoms with Crippen molar-refractivity contribution in [3.8, 4) is 28.4 Å². The first-order chi connectivity index (χ1) is 19.4. The van der Waals surface area contributed by atoms with Crippen LogP contribution in [-0.4, -0.2) is 56.0 Å². The van der Waals surface area contributed by atoms with Gasteiger partial charge in [-0.25, -0.2) is 14.4 Å². The maximum absolute atomic E-state index is 12.6. The van der Waals surface area contributed by atoms with E-state index < -0.39 is 24.5 Å². The maximum Gasteiger partial charge on any atom is 0.343 e. The smallest absolute Gasteiger partial charge is 0.343 e. The Kier molecular flexibility index (Phi) is 11.5. The van der Waals surface area contributed by atoms with Crippen LogP contribution in [0.4, 0.5) is 0 Å². The van der Waals surface area contributed by atoms with Gasteiger partial charge in [-0.2, -0.15) is 0 Å². The second kappa shape index (κ2) is 15.5. The molecule has 9 heteroatoms. The molecule has 3 aromatic carbocycles. The Morgan fingerprint density at radius 3 is 1.85 bits per heavy atom. The van der Waals surface area contributed by atoms with E-state index in [1.54, 1.807) is 36.4 Å². The molecular weight excluding hydrogens is 516 g/mol. The molecule has 3 rings (SSSR count). The Bertz CT molecular complexity index is 1290. The van der Waals surface area contributed by atoms with Gasteiger partial charge in [0, 0.05) is 12.5 Å². The molecule has 3 aromatic rings. The number of carbonyl (C=O) groups excluding carboxylic acids is 3. The Hall–Kier alpha value is -4.89. The van der Waals surface area contributed by atoms with E-state index in [4.69, 9.17) is 28.8 Å². The quantitative estimate of drug-likeness (QED) is 0.127. The molecule has 0 heterocycles. The second-order valence-corrected chi connectivity index (χ2v) is 8.28. The number of rotatable bonds is 15. The normalized spacial score (nSPS) is 10.2. The van der Waals surface area contributed by atoms with Gasteiger partial charge in [0.2, 0.25) is 0 Å². The number of aliphatic hydroxyl groups is 1. The van der Waals surface area contributed by atoms with Gasteiger partial charge in [0.05, 0.1) is 31.0 Å². The van der Waals surface area contributed by atoms with Gasteiger partial charge in [0.15, 0.2) is 0 Å². The van der Waals surface area contributed by atoms with Crippen molar-refractivity contribution in [2.75, 3.05) is 33.0 Å². The van der Waals surface area contributed by atoms with Crippen molar-refractivity contribution in [3.05, 3.63) is 103 Å². The summed E-state index contributed by atoms with van der Waals surface area (Å²) in [5.74, 6) is -0.0795. The molecule has 9 nitrogen and oxygen atoms in total. The van der Waals surface area contributed by atoms with E-state index in [1.807, 2.05) is 36.4 Å². The summed E-state index contributed by atoms with van der Waals surface area (Å²) in [6, 6.07) is 21.0. The summed E-state index contributed by atoms with van der Waals surface area (Å²) in [4.78, 5) is 35.0. The first-order valence-corrected chi connectivity index (χ1v) is 12.4. The van der Waals surface area contributed by atoms with Crippen molar-refractivity contribution < 1.29 is 43.2 Å². The highest BCUT2D eigenvalue weighted by molar-refractivity contribution is 5.91. The van der Waals surface area contributed by atoms with E-state index >= 15 is 0 Å². The predicted octanol–water partition coefficient (Wildman–Crippen LogP) is 4.54. The van der Waals surface area contributed by atoms with Crippen molar-refractivity contribution in [1.29, 1.82) is 0 Å². The third kappa shape index (κ3) is 9.45. The summed E-state index contributed by atoms with van der Waals surface area (Å²) in [6.45, 7) is 7.05. The zero-order valence-electron chi connectivity index (χ0n) is 21.9. The molecule has 1 N–H and O–H groups in total. The highest BCUT2D eigenvalue weighted by Crippen LogP contribution is 2.24. The third-order valence-corrected chi connectivity index (χ3v) is 5.38. The van der Waals surface area contributed by atoms with Crippen molar-refractivity contribution in [2.45, 2.75) is 6.42 Å². The number of hydrogen-bond donors (Lipinski definition) is 1. The minimum atomic E-state index is -0.678. The average molecular weight is 547 g/mol. The van der Waals surface area contributed by atoms with Gasteiger partial charge in [0.25, 0.3) is 0 Å². The summed E-state index contributed by atoms with van der Waals surface area (Å²) < 4.78 is 26.4. The fraction of sp³-hybridized carbons (Fsp3) is 0.194. The zero-order valence-corrected chi connectivity index (χ0v) is 21.9. The van der Waals surface area contributed by atoms with Crippen LogP contribution in [0.5, 0.6) is 17.2 Å². The minimum Gasteiger partial charge on any atom is -0.493 e. The number of hydrogen-bond acceptors (Lipinski definition) is 9. The van der Waals surface area contributed by atoms with Gasteiger partial charge in [-0.05, 0) is 59.7 Å². The largest absolute Gasteiger partial charge is 0.493 e. The summed E-state index contributed by atoms with van der Waals surface area (Å²) in [6.07, 6.45) is 1.69. The number of benzene rings is 3. The molecule has 40 heavy (non-hydrogen) atoms. The Morgan fingerprint density at radius 2 is 1.25 bits per heavy atom. The molecule has 208 valence electrons. The second-order valence-electron chi connectivity index (χ2n) is 8.28. The number of esters is 3. The molecule has 0 unspecified atom stereocenters. The van der Waals surface area contributed by atoms with Crippen molar-refractivity contribution in [1.82, 2.24) is 0 Å². The third-order valence-electron chi connectivity index (χ3n) is 5.38. The Labute approximate surface area is 232 Å². The lowest BCUT2D eigenvalue weighted by atomic mass is 10.0. The summed E-state index contributed by atoms with van der Waals surface area (Å²) in [5, 5.41) is 8.84. The minimum absolute atomic E-state index is 0.000887. The van der Waals surface area contributed by atoms with Crippen LogP contribution in [0.3, 0.4) is 0 Å². The monoisotopic (exact) mass is 546 g/mol. The molecule has 0 amide bonds. The van der Waals surface area contributed by atoms with Crippen molar-refractivity contribution in [3.63, 3.8) is 0 Å². The van der Waals surface area contributed by atoms with Crippen molar-refractivity contribution >= 4 is 17.9 Å². The van der Waals surface area contributed by atoms with E-state index in [9.17, 15) is 14.4 Å². The van der Waals surface area contributed by atoms with Crippen LogP contribution in [0.25, 0.3) is 11.1 Å². The Morgan fingerprint density at radius 1 is 0.700 bits per heavy atom. The van der Waals surface area contributed by atoms with Gasteiger partial charge >= 0.3 is 17.9 Å².